The van der Waals surface area contributed by atoms with E-state index in [1.165, 1.54) is 21.3 Å². The molecular weight excluding hydrogens is 256 g/mol. The molecule has 0 spiro atoms. The Labute approximate surface area is 108 Å². The van der Waals surface area contributed by atoms with Crippen molar-refractivity contribution in [3.63, 3.8) is 0 Å². The molecule has 2 aromatic rings. The summed E-state index contributed by atoms with van der Waals surface area (Å²) in [6.07, 6.45) is 0. The molecule has 0 aliphatic heterocycles. The molecule has 0 radical (unpaired) electrons. The Morgan fingerprint density at radius 1 is 1.17 bits per heavy atom. The molecule has 0 unspecified atom stereocenters. The second kappa shape index (κ2) is 4.73. The summed E-state index contributed by atoms with van der Waals surface area (Å²) in [5.41, 5.74) is 0. The predicted octanol–water partition coefficient (Wildman–Crippen LogP) is 2.41. The predicted molar refractivity (Wildman–Crippen MR) is 67.9 cm³/mol. The van der Waals surface area contributed by atoms with Crippen LogP contribution < -0.4 is 9.47 Å². The molecule has 0 saturated carbocycles. The summed E-state index contributed by atoms with van der Waals surface area (Å²) in [5.74, 6) is 0.381. The summed E-state index contributed by atoms with van der Waals surface area (Å²) >= 11 is 1.15. The van der Waals surface area contributed by atoms with E-state index >= 15 is 0 Å². The Bertz CT molecular complexity index is 602. The molecule has 0 aliphatic carbocycles. The van der Waals surface area contributed by atoms with Gasteiger partial charge in [-0.25, -0.2) is 4.79 Å². The highest BCUT2D eigenvalue weighted by Crippen LogP contribution is 2.42. The normalized spacial score (nSPS) is 10.4. The zero-order valence-corrected chi connectivity index (χ0v) is 11.0. The molecule has 96 valence electrons. The van der Waals surface area contributed by atoms with Gasteiger partial charge in [0.25, 0.3) is 0 Å². The lowest BCUT2D eigenvalue weighted by Crippen LogP contribution is -1.97. The van der Waals surface area contributed by atoms with Gasteiger partial charge in [-0.2, -0.15) is 0 Å². The zero-order chi connectivity index (χ0) is 13.3. The number of rotatable bonds is 3. The maximum atomic E-state index is 11.5. The third-order valence-corrected chi connectivity index (χ3v) is 3.66. The lowest BCUT2D eigenvalue weighted by Gasteiger charge is -2.06. The highest BCUT2D eigenvalue weighted by Gasteiger charge is 2.20. The lowest BCUT2D eigenvalue weighted by molar-refractivity contribution is 0.0603. The molecule has 0 aliphatic rings. The van der Waals surface area contributed by atoms with Crippen LogP contribution in [0.15, 0.2) is 12.1 Å². The van der Waals surface area contributed by atoms with Crippen LogP contribution in [0.1, 0.15) is 9.67 Å². The molecule has 2 rings (SSSR count). The number of methoxy groups -OCH3 is 3. The molecule has 0 amide bonds. The summed E-state index contributed by atoms with van der Waals surface area (Å²) in [6.45, 7) is 0. The second-order valence-electron chi connectivity index (χ2n) is 3.47. The maximum absolute atomic E-state index is 11.5. The van der Waals surface area contributed by atoms with E-state index in [1.807, 2.05) is 0 Å². The molecule has 0 saturated heterocycles. The van der Waals surface area contributed by atoms with Crippen molar-refractivity contribution in [3.8, 4) is 17.2 Å². The Morgan fingerprint density at radius 2 is 1.78 bits per heavy atom. The van der Waals surface area contributed by atoms with Gasteiger partial charge in [-0.1, -0.05) is 0 Å². The van der Waals surface area contributed by atoms with Gasteiger partial charge in [-0.05, 0) is 6.07 Å². The molecule has 1 heterocycles. The Morgan fingerprint density at radius 3 is 2.33 bits per heavy atom. The number of hydrogen-bond acceptors (Lipinski definition) is 6. The van der Waals surface area contributed by atoms with Crippen molar-refractivity contribution >= 4 is 27.4 Å². The van der Waals surface area contributed by atoms with Crippen LogP contribution in [0.25, 0.3) is 10.1 Å². The van der Waals surface area contributed by atoms with E-state index in [1.54, 1.807) is 12.1 Å². The maximum Gasteiger partial charge on any atom is 0.351 e. The second-order valence-corrected chi connectivity index (χ2v) is 4.53. The van der Waals surface area contributed by atoms with Crippen LogP contribution in [0.2, 0.25) is 0 Å². The van der Waals surface area contributed by atoms with Crippen LogP contribution in [-0.4, -0.2) is 32.4 Å². The van der Waals surface area contributed by atoms with Crippen LogP contribution in [-0.2, 0) is 4.74 Å². The van der Waals surface area contributed by atoms with Crippen molar-refractivity contribution in [2.24, 2.45) is 0 Å². The number of esters is 1. The number of carbonyl (C=O) groups is 1. The third-order valence-electron chi connectivity index (χ3n) is 2.54. The van der Waals surface area contributed by atoms with Crippen LogP contribution in [0, 0.1) is 0 Å². The van der Waals surface area contributed by atoms with E-state index in [9.17, 15) is 9.90 Å². The largest absolute Gasteiger partial charge is 0.505 e. The quantitative estimate of drug-likeness (QED) is 0.866. The van der Waals surface area contributed by atoms with Gasteiger partial charge in [-0.15, -0.1) is 11.3 Å². The summed E-state index contributed by atoms with van der Waals surface area (Å²) in [5, 5.41) is 10.5. The van der Waals surface area contributed by atoms with E-state index in [0.717, 1.165) is 16.0 Å². The molecule has 18 heavy (non-hydrogen) atoms. The van der Waals surface area contributed by atoms with Crippen LogP contribution in [0.4, 0.5) is 0 Å². The molecule has 1 N–H and O–H groups in total. The van der Waals surface area contributed by atoms with Gasteiger partial charge < -0.3 is 19.3 Å². The molecule has 0 atom stereocenters. The van der Waals surface area contributed by atoms with Gasteiger partial charge >= 0.3 is 5.97 Å². The van der Waals surface area contributed by atoms with Gasteiger partial charge in [0.15, 0.2) is 16.4 Å². The number of thiophene rings is 1. The summed E-state index contributed by atoms with van der Waals surface area (Å²) in [7, 11) is 4.31. The van der Waals surface area contributed by atoms with Crippen molar-refractivity contribution < 1.29 is 24.1 Å². The van der Waals surface area contributed by atoms with Crippen molar-refractivity contribution in [2.75, 3.05) is 21.3 Å². The number of carbonyl (C=O) groups excluding carboxylic acids is 1. The minimum absolute atomic E-state index is 0.0946. The highest BCUT2D eigenvalue weighted by molar-refractivity contribution is 7.21. The fourth-order valence-electron chi connectivity index (χ4n) is 1.64. The molecule has 1 aromatic carbocycles. The molecular formula is C12H12O5S. The first-order chi connectivity index (χ1) is 8.62. The summed E-state index contributed by atoms with van der Waals surface area (Å²) < 4.78 is 15.6. The van der Waals surface area contributed by atoms with E-state index in [0.29, 0.717) is 16.9 Å². The average molecular weight is 268 g/mol. The summed E-state index contributed by atoms with van der Waals surface area (Å²) in [6, 6.07) is 3.34. The van der Waals surface area contributed by atoms with Gasteiger partial charge in [0.1, 0.15) is 5.75 Å². The van der Waals surface area contributed by atoms with Gasteiger partial charge in [0.2, 0.25) is 0 Å². The minimum Gasteiger partial charge on any atom is -0.505 e. The third kappa shape index (κ3) is 1.84. The molecule has 5 nitrogen and oxygen atoms in total. The fraction of sp³-hybridized carbons (Fsp3) is 0.250. The first-order valence-corrected chi connectivity index (χ1v) is 5.89. The van der Waals surface area contributed by atoms with Crippen molar-refractivity contribution in [3.05, 3.63) is 17.0 Å². The van der Waals surface area contributed by atoms with Crippen molar-refractivity contribution in [1.82, 2.24) is 0 Å². The number of aromatic hydroxyl groups is 1. The van der Waals surface area contributed by atoms with Crippen molar-refractivity contribution in [1.29, 1.82) is 0 Å². The molecule has 6 heteroatoms. The first kappa shape index (κ1) is 12.5. The topological polar surface area (TPSA) is 65.0 Å². The van der Waals surface area contributed by atoms with Crippen LogP contribution >= 0.6 is 11.3 Å². The highest BCUT2D eigenvalue weighted by atomic mass is 32.1. The Hall–Kier alpha value is -1.95. The number of benzene rings is 1. The van der Waals surface area contributed by atoms with E-state index in [2.05, 4.69) is 4.74 Å². The first-order valence-electron chi connectivity index (χ1n) is 5.08. The number of ether oxygens (including phenoxy) is 3. The monoisotopic (exact) mass is 268 g/mol. The van der Waals surface area contributed by atoms with E-state index < -0.39 is 5.97 Å². The summed E-state index contributed by atoms with van der Waals surface area (Å²) in [4.78, 5) is 11.6. The van der Waals surface area contributed by atoms with Gasteiger partial charge in [-0.3, -0.25) is 0 Å². The Kier molecular flexibility index (Phi) is 3.29. The van der Waals surface area contributed by atoms with Crippen LogP contribution in [0.5, 0.6) is 17.2 Å². The number of hydrogen-bond donors (Lipinski definition) is 1. The fourth-order valence-corrected chi connectivity index (χ4v) is 2.67. The SMILES string of the molecule is COC(=O)c1sc2cc(OC)c(OC)cc2c1O. The van der Waals surface area contributed by atoms with Crippen molar-refractivity contribution in [2.45, 2.75) is 0 Å². The standard InChI is InChI=1S/C12H12O5S/c1-15-7-4-6-9(5-8(7)16-2)18-11(10(6)13)12(14)17-3/h4-5,13H,1-3H3. The van der Waals surface area contributed by atoms with Gasteiger partial charge in [0, 0.05) is 16.2 Å². The number of fused-ring (bicyclic) bond motifs is 1. The smallest absolute Gasteiger partial charge is 0.351 e. The van der Waals surface area contributed by atoms with E-state index in [4.69, 9.17) is 9.47 Å². The lowest BCUT2D eigenvalue weighted by atomic mass is 10.2. The minimum atomic E-state index is -0.563. The molecule has 0 fully saturated rings. The van der Waals surface area contributed by atoms with Crippen LogP contribution in [0.3, 0.4) is 0 Å². The average Bonchev–Trinajstić information content (AvgIpc) is 2.73. The van der Waals surface area contributed by atoms with Gasteiger partial charge in [0.05, 0.1) is 21.3 Å². The molecule has 0 bridgehead atoms. The van der Waals surface area contributed by atoms with E-state index in [-0.39, 0.29) is 10.6 Å². The zero-order valence-electron chi connectivity index (χ0n) is 10.1. The Balaban J connectivity index is 2.69. The molecule has 1 aromatic heterocycles.